The van der Waals surface area contributed by atoms with Crippen LogP contribution in [-0.4, -0.2) is 35.5 Å². The number of hydrogen-bond acceptors (Lipinski definition) is 3. The average Bonchev–Trinajstić information content (AvgIpc) is 3.45. The van der Waals surface area contributed by atoms with Crippen molar-refractivity contribution in [2.45, 2.75) is 19.3 Å². The molecule has 1 aliphatic carbocycles. The molecule has 2 aromatic rings. The molecule has 2 fully saturated rings. The van der Waals surface area contributed by atoms with Gasteiger partial charge in [-0.1, -0.05) is 60.7 Å². The highest BCUT2D eigenvalue weighted by Crippen LogP contribution is 2.32. The summed E-state index contributed by atoms with van der Waals surface area (Å²) in [7, 11) is 0. The van der Waals surface area contributed by atoms with Crippen molar-refractivity contribution in [1.29, 1.82) is 0 Å². The summed E-state index contributed by atoms with van der Waals surface area (Å²) in [5.74, 6) is 0.202. The van der Waals surface area contributed by atoms with E-state index in [4.69, 9.17) is 0 Å². The van der Waals surface area contributed by atoms with Crippen LogP contribution in [0.15, 0.2) is 65.8 Å². The third-order valence-corrected chi connectivity index (χ3v) is 5.13. The molecule has 2 aliphatic rings. The van der Waals surface area contributed by atoms with Gasteiger partial charge in [0.2, 0.25) is 11.8 Å². The number of hydrazone groups is 1. The minimum Gasteiger partial charge on any atom is -0.342 e. The summed E-state index contributed by atoms with van der Waals surface area (Å²) >= 11 is 0. The standard InChI is InChI=1S/C22H23N3O2/c26-20-13-19(15-25(20)14-16-11-12-16)22(27)24-23-21(17-7-3-1-4-8-17)18-9-5-2-6-10-18/h1-10,16,19H,11-15H2,(H,24,27). The quantitative estimate of drug-likeness (QED) is 0.635. The van der Waals surface area contributed by atoms with Crippen molar-refractivity contribution >= 4 is 17.5 Å². The van der Waals surface area contributed by atoms with Crippen molar-refractivity contribution < 1.29 is 9.59 Å². The number of likely N-dealkylation sites (tertiary alicyclic amines) is 1. The van der Waals surface area contributed by atoms with Gasteiger partial charge in [-0.2, -0.15) is 5.10 Å². The van der Waals surface area contributed by atoms with E-state index < -0.39 is 0 Å². The second kappa shape index (κ2) is 7.74. The molecule has 138 valence electrons. The van der Waals surface area contributed by atoms with Crippen molar-refractivity contribution in [1.82, 2.24) is 10.3 Å². The molecular formula is C22H23N3O2. The smallest absolute Gasteiger partial charge is 0.245 e. The average molecular weight is 361 g/mol. The van der Waals surface area contributed by atoms with Crippen LogP contribution in [-0.2, 0) is 9.59 Å². The predicted octanol–water partition coefficient (Wildman–Crippen LogP) is 2.81. The van der Waals surface area contributed by atoms with Crippen LogP contribution in [0.3, 0.4) is 0 Å². The van der Waals surface area contributed by atoms with Crippen molar-refractivity contribution in [2.24, 2.45) is 16.9 Å². The lowest BCUT2D eigenvalue weighted by molar-refractivity contribution is -0.129. The van der Waals surface area contributed by atoms with E-state index >= 15 is 0 Å². The monoisotopic (exact) mass is 361 g/mol. The van der Waals surface area contributed by atoms with E-state index in [1.165, 1.54) is 12.8 Å². The maximum atomic E-state index is 12.6. The number of benzene rings is 2. The van der Waals surface area contributed by atoms with E-state index in [9.17, 15) is 9.59 Å². The minimum absolute atomic E-state index is 0.0809. The summed E-state index contributed by atoms with van der Waals surface area (Å²) in [6.07, 6.45) is 2.67. The normalized spacial score (nSPS) is 19.0. The van der Waals surface area contributed by atoms with E-state index in [-0.39, 0.29) is 24.2 Å². The third-order valence-electron chi connectivity index (χ3n) is 5.13. The molecular weight excluding hydrogens is 338 g/mol. The largest absolute Gasteiger partial charge is 0.342 e. The highest BCUT2D eigenvalue weighted by atomic mass is 16.2. The third kappa shape index (κ3) is 4.25. The zero-order valence-corrected chi connectivity index (χ0v) is 15.2. The van der Waals surface area contributed by atoms with Gasteiger partial charge in [0.15, 0.2) is 0 Å². The second-order valence-electron chi connectivity index (χ2n) is 7.31. The first kappa shape index (κ1) is 17.5. The van der Waals surface area contributed by atoms with E-state index in [0.717, 1.165) is 17.7 Å². The number of amides is 2. The Morgan fingerprint density at radius 3 is 2.15 bits per heavy atom. The Balaban J connectivity index is 1.48. The van der Waals surface area contributed by atoms with Gasteiger partial charge >= 0.3 is 0 Å². The van der Waals surface area contributed by atoms with Gasteiger partial charge in [0.05, 0.1) is 11.6 Å². The maximum Gasteiger partial charge on any atom is 0.245 e. The molecule has 1 N–H and O–H groups in total. The molecule has 0 radical (unpaired) electrons. The minimum atomic E-state index is -0.326. The number of nitrogens with zero attached hydrogens (tertiary/aromatic N) is 2. The van der Waals surface area contributed by atoms with E-state index in [1.54, 1.807) is 0 Å². The molecule has 27 heavy (non-hydrogen) atoms. The fourth-order valence-electron chi connectivity index (χ4n) is 3.43. The van der Waals surface area contributed by atoms with Crippen molar-refractivity contribution in [3.63, 3.8) is 0 Å². The van der Waals surface area contributed by atoms with Gasteiger partial charge in [0.25, 0.3) is 0 Å². The summed E-state index contributed by atoms with van der Waals surface area (Å²) in [5, 5.41) is 4.42. The number of carbonyl (C=O) groups is 2. The Hall–Kier alpha value is -2.95. The number of carbonyl (C=O) groups excluding carboxylic acids is 2. The van der Waals surface area contributed by atoms with Gasteiger partial charge in [0, 0.05) is 30.6 Å². The highest BCUT2D eigenvalue weighted by Gasteiger charge is 2.37. The van der Waals surface area contributed by atoms with Crippen LogP contribution in [0.25, 0.3) is 0 Å². The van der Waals surface area contributed by atoms with Crippen molar-refractivity contribution in [3.05, 3.63) is 71.8 Å². The first-order valence-electron chi connectivity index (χ1n) is 9.47. The molecule has 1 saturated heterocycles. The first-order valence-corrected chi connectivity index (χ1v) is 9.47. The molecule has 1 heterocycles. The number of hydrogen-bond donors (Lipinski definition) is 1. The molecule has 0 spiro atoms. The fourth-order valence-corrected chi connectivity index (χ4v) is 3.43. The SMILES string of the molecule is O=C(NN=C(c1ccccc1)c1ccccc1)C1CC(=O)N(CC2CC2)C1. The zero-order valence-electron chi connectivity index (χ0n) is 15.2. The molecule has 4 rings (SSSR count). The van der Waals surface area contributed by atoms with E-state index in [2.05, 4.69) is 10.5 Å². The topological polar surface area (TPSA) is 61.8 Å². The fraction of sp³-hybridized carbons (Fsp3) is 0.318. The molecule has 1 unspecified atom stereocenters. The van der Waals surface area contributed by atoms with E-state index in [1.807, 2.05) is 65.6 Å². The summed E-state index contributed by atoms with van der Waals surface area (Å²) in [6, 6.07) is 19.5. The van der Waals surface area contributed by atoms with Crippen LogP contribution < -0.4 is 5.43 Å². The van der Waals surface area contributed by atoms with E-state index in [0.29, 0.717) is 18.2 Å². The predicted molar refractivity (Wildman–Crippen MR) is 104 cm³/mol. The Kier molecular flexibility index (Phi) is 5.01. The summed E-state index contributed by atoms with van der Waals surface area (Å²) in [5.41, 5.74) is 5.28. The van der Waals surface area contributed by atoms with Gasteiger partial charge in [-0.25, -0.2) is 5.43 Å². The van der Waals surface area contributed by atoms with Crippen molar-refractivity contribution in [3.8, 4) is 0 Å². The zero-order chi connectivity index (χ0) is 18.6. The Morgan fingerprint density at radius 2 is 1.59 bits per heavy atom. The molecule has 0 aromatic heterocycles. The maximum absolute atomic E-state index is 12.6. The van der Waals surface area contributed by atoms with Crippen LogP contribution in [0.1, 0.15) is 30.4 Å². The van der Waals surface area contributed by atoms with Gasteiger partial charge in [-0.05, 0) is 18.8 Å². The molecule has 2 aromatic carbocycles. The summed E-state index contributed by atoms with van der Waals surface area (Å²) in [6.45, 7) is 1.30. The lowest BCUT2D eigenvalue weighted by atomic mass is 10.0. The van der Waals surface area contributed by atoms with Crippen LogP contribution in [0.5, 0.6) is 0 Å². The van der Waals surface area contributed by atoms with Gasteiger partial charge in [0.1, 0.15) is 0 Å². The molecule has 1 atom stereocenters. The number of nitrogens with one attached hydrogen (secondary N) is 1. The Morgan fingerprint density at radius 1 is 1.00 bits per heavy atom. The molecule has 0 bridgehead atoms. The van der Waals surface area contributed by atoms with Crippen LogP contribution in [0.2, 0.25) is 0 Å². The van der Waals surface area contributed by atoms with Gasteiger partial charge < -0.3 is 4.90 Å². The van der Waals surface area contributed by atoms with Crippen LogP contribution in [0, 0.1) is 11.8 Å². The summed E-state index contributed by atoms with van der Waals surface area (Å²) in [4.78, 5) is 26.6. The first-order chi connectivity index (χ1) is 13.2. The Labute approximate surface area is 159 Å². The highest BCUT2D eigenvalue weighted by molar-refractivity contribution is 6.13. The van der Waals surface area contributed by atoms with Gasteiger partial charge in [-0.15, -0.1) is 0 Å². The van der Waals surface area contributed by atoms with Crippen LogP contribution in [0.4, 0.5) is 0 Å². The Bertz CT molecular complexity index is 803. The molecule has 5 heteroatoms. The van der Waals surface area contributed by atoms with Crippen molar-refractivity contribution in [2.75, 3.05) is 13.1 Å². The molecule has 5 nitrogen and oxygen atoms in total. The molecule has 2 amide bonds. The summed E-state index contributed by atoms with van der Waals surface area (Å²) < 4.78 is 0. The van der Waals surface area contributed by atoms with Crippen LogP contribution >= 0.6 is 0 Å². The van der Waals surface area contributed by atoms with Gasteiger partial charge in [-0.3, -0.25) is 9.59 Å². The lowest BCUT2D eigenvalue weighted by Gasteiger charge is -2.15. The second-order valence-corrected chi connectivity index (χ2v) is 7.31. The molecule has 1 aliphatic heterocycles. The lowest BCUT2D eigenvalue weighted by Crippen LogP contribution is -2.32. The molecule has 1 saturated carbocycles. The number of rotatable bonds is 6.